The Balaban J connectivity index is 4.29. The average Bonchev–Trinajstić information content (AvgIpc) is 2.18. The van der Waals surface area contributed by atoms with Crippen LogP contribution in [0.1, 0.15) is 40.5 Å². The standard InChI is InChI=1S/C11H24N2O/c1-5-11(6-2,8-12)10(14)13-7-9(3)4/h9H,5-8,12H2,1-4H3,(H,13,14). The smallest absolute Gasteiger partial charge is 0.227 e. The van der Waals surface area contributed by atoms with E-state index in [9.17, 15) is 4.79 Å². The van der Waals surface area contributed by atoms with Crippen LogP contribution in [0, 0.1) is 11.3 Å². The van der Waals surface area contributed by atoms with E-state index >= 15 is 0 Å². The average molecular weight is 200 g/mol. The summed E-state index contributed by atoms with van der Waals surface area (Å²) < 4.78 is 0. The predicted octanol–water partition coefficient (Wildman–Crippen LogP) is 1.52. The van der Waals surface area contributed by atoms with Gasteiger partial charge in [0, 0.05) is 13.1 Å². The number of amides is 1. The number of hydrogen-bond acceptors (Lipinski definition) is 2. The molecular formula is C11H24N2O. The van der Waals surface area contributed by atoms with Gasteiger partial charge in [-0.2, -0.15) is 0 Å². The van der Waals surface area contributed by atoms with Crippen LogP contribution >= 0.6 is 0 Å². The van der Waals surface area contributed by atoms with Crippen LogP contribution in [0.15, 0.2) is 0 Å². The third-order valence-corrected chi connectivity index (χ3v) is 2.90. The molecular weight excluding hydrogens is 176 g/mol. The van der Waals surface area contributed by atoms with Crippen molar-refractivity contribution >= 4 is 5.91 Å². The molecule has 0 rings (SSSR count). The van der Waals surface area contributed by atoms with E-state index < -0.39 is 0 Å². The topological polar surface area (TPSA) is 55.1 Å². The first-order chi connectivity index (χ1) is 6.52. The maximum atomic E-state index is 11.9. The first-order valence-electron chi connectivity index (χ1n) is 5.50. The fourth-order valence-corrected chi connectivity index (χ4v) is 1.44. The zero-order chi connectivity index (χ0) is 11.2. The first-order valence-corrected chi connectivity index (χ1v) is 5.50. The Morgan fingerprint density at radius 2 is 1.86 bits per heavy atom. The first kappa shape index (κ1) is 13.4. The van der Waals surface area contributed by atoms with Crippen molar-refractivity contribution in [2.45, 2.75) is 40.5 Å². The van der Waals surface area contributed by atoms with Crippen molar-refractivity contribution in [1.82, 2.24) is 5.32 Å². The Hall–Kier alpha value is -0.570. The number of nitrogens with one attached hydrogen (secondary N) is 1. The van der Waals surface area contributed by atoms with Gasteiger partial charge >= 0.3 is 0 Å². The number of nitrogens with two attached hydrogens (primary N) is 1. The van der Waals surface area contributed by atoms with Crippen LogP contribution in [0.3, 0.4) is 0 Å². The van der Waals surface area contributed by atoms with Crippen LogP contribution < -0.4 is 11.1 Å². The van der Waals surface area contributed by atoms with Gasteiger partial charge in [0.25, 0.3) is 0 Å². The zero-order valence-electron chi connectivity index (χ0n) is 9.89. The lowest BCUT2D eigenvalue weighted by Gasteiger charge is -2.28. The molecule has 0 aromatic rings. The third kappa shape index (κ3) is 3.29. The molecule has 0 bridgehead atoms. The van der Waals surface area contributed by atoms with Crippen molar-refractivity contribution in [1.29, 1.82) is 0 Å². The van der Waals surface area contributed by atoms with Crippen molar-refractivity contribution < 1.29 is 4.79 Å². The van der Waals surface area contributed by atoms with Crippen LogP contribution in [-0.2, 0) is 4.79 Å². The molecule has 0 aromatic heterocycles. The molecule has 0 unspecified atom stereocenters. The van der Waals surface area contributed by atoms with Gasteiger partial charge in [-0.1, -0.05) is 27.7 Å². The lowest BCUT2D eigenvalue weighted by molar-refractivity contribution is -0.131. The molecule has 3 nitrogen and oxygen atoms in total. The van der Waals surface area contributed by atoms with Crippen LogP contribution in [0.5, 0.6) is 0 Å². The van der Waals surface area contributed by atoms with Crippen LogP contribution in [0.2, 0.25) is 0 Å². The number of hydrogen-bond donors (Lipinski definition) is 2. The minimum absolute atomic E-state index is 0.110. The Bertz CT molecular complexity index is 166. The highest BCUT2D eigenvalue weighted by atomic mass is 16.2. The minimum Gasteiger partial charge on any atom is -0.355 e. The van der Waals surface area contributed by atoms with Crippen LogP contribution in [-0.4, -0.2) is 19.0 Å². The summed E-state index contributed by atoms with van der Waals surface area (Å²) in [5.74, 6) is 0.599. The SMILES string of the molecule is CCC(CC)(CN)C(=O)NCC(C)C. The van der Waals surface area contributed by atoms with Crippen molar-refractivity contribution in [2.24, 2.45) is 17.1 Å². The summed E-state index contributed by atoms with van der Waals surface area (Å²) in [5.41, 5.74) is 5.32. The highest BCUT2D eigenvalue weighted by Crippen LogP contribution is 2.24. The highest BCUT2D eigenvalue weighted by Gasteiger charge is 2.32. The Labute approximate surface area is 87.4 Å². The summed E-state index contributed by atoms with van der Waals surface area (Å²) >= 11 is 0. The van der Waals surface area contributed by atoms with Gasteiger partial charge in [-0.3, -0.25) is 4.79 Å². The van der Waals surface area contributed by atoms with Gasteiger partial charge in [0.2, 0.25) is 5.91 Å². The van der Waals surface area contributed by atoms with Gasteiger partial charge < -0.3 is 11.1 Å². The summed E-state index contributed by atoms with van der Waals surface area (Å²) in [6, 6.07) is 0. The van der Waals surface area contributed by atoms with E-state index in [1.807, 2.05) is 13.8 Å². The maximum absolute atomic E-state index is 11.9. The second-order valence-electron chi connectivity index (χ2n) is 4.30. The normalized spacial score (nSPS) is 11.9. The second-order valence-corrected chi connectivity index (χ2v) is 4.30. The molecule has 0 saturated heterocycles. The van der Waals surface area contributed by atoms with E-state index in [0.717, 1.165) is 19.4 Å². The van der Waals surface area contributed by atoms with Gasteiger partial charge in [0.15, 0.2) is 0 Å². The van der Waals surface area contributed by atoms with Gasteiger partial charge in [-0.25, -0.2) is 0 Å². The molecule has 0 aromatic carbocycles. The molecule has 3 heteroatoms. The summed E-state index contributed by atoms with van der Waals surface area (Å²) in [5, 5.41) is 2.96. The van der Waals surface area contributed by atoms with E-state index in [4.69, 9.17) is 5.73 Å². The zero-order valence-corrected chi connectivity index (χ0v) is 9.89. The number of carbonyl (C=O) groups is 1. The number of rotatable bonds is 6. The molecule has 0 aliphatic heterocycles. The largest absolute Gasteiger partial charge is 0.355 e. The third-order valence-electron chi connectivity index (χ3n) is 2.90. The van der Waals surface area contributed by atoms with Gasteiger partial charge in [-0.05, 0) is 18.8 Å². The van der Waals surface area contributed by atoms with Crippen molar-refractivity contribution in [3.8, 4) is 0 Å². The molecule has 1 amide bonds. The highest BCUT2D eigenvalue weighted by molar-refractivity contribution is 5.82. The van der Waals surface area contributed by atoms with E-state index in [1.54, 1.807) is 0 Å². The molecule has 0 atom stereocenters. The molecule has 0 aliphatic carbocycles. The Kier molecular flexibility index (Phi) is 5.77. The summed E-state index contributed by atoms with van der Waals surface area (Å²) in [6.07, 6.45) is 1.62. The van der Waals surface area contributed by atoms with Crippen molar-refractivity contribution in [3.05, 3.63) is 0 Å². The maximum Gasteiger partial charge on any atom is 0.227 e. The molecule has 0 spiro atoms. The molecule has 0 saturated carbocycles. The van der Waals surface area contributed by atoms with Crippen LogP contribution in [0.25, 0.3) is 0 Å². The summed E-state index contributed by atoms with van der Waals surface area (Å²) in [6.45, 7) is 9.38. The van der Waals surface area contributed by atoms with Crippen LogP contribution in [0.4, 0.5) is 0 Å². The van der Waals surface area contributed by atoms with Crippen molar-refractivity contribution in [3.63, 3.8) is 0 Å². The quantitative estimate of drug-likeness (QED) is 0.683. The second kappa shape index (κ2) is 6.02. The molecule has 14 heavy (non-hydrogen) atoms. The van der Waals surface area contributed by atoms with Gasteiger partial charge in [-0.15, -0.1) is 0 Å². The molecule has 0 fully saturated rings. The fourth-order valence-electron chi connectivity index (χ4n) is 1.44. The molecule has 84 valence electrons. The van der Waals surface area contributed by atoms with Crippen molar-refractivity contribution in [2.75, 3.05) is 13.1 Å². The van der Waals surface area contributed by atoms with E-state index in [-0.39, 0.29) is 11.3 Å². The molecule has 0 heterocycles. The van der Waals surface area contributed by atoms with E-state index in [1.165, 1.54) is 0 Å². The lowest BCUT2D eigenvalue weighted by atomic mass is 9.81. The Morgan fingerprint density at radius 1 is 1.36 bits per heavy atom. The van der Waals surface area contributed by atoms with E-state index in [0.29, 0.717) is 12.5 Å². The van der Waals surface area contributed by atoms with E-state index in [2.05, 4.69) is 19.2 Å². The van der Waals surface area contributed by atoms with Gasteiger partial charge in [0.05, 0.1) is 5.41 Å². The summed E-state index contributed by atoms with van der Waals surface area (Å²) in [7, 11) is 0. The number of carbonyl (C=O) groups excluding carboxylic acids is 1. The predicted molar refractivity (Wildman–Crippen MR) is 59.9 cm³/mol. The minimum atomic E-state index is -0.352. The monoisotopic (exact) mass is 200 g/mol. The Morgan fingerprint density at radius 3 is 2.14 bits per heavy atom. The lowest BCUT2D eigenvalue weighted by Crippen LogP contribution is -2.46. The van der Waals surface area contributed by atoms with Gasteiger partial charge in [0.1, 0.15) is 0 Å². The fraction of sp³-hybridized carbons (Fsp3) is 0.909. The summed E-state index contributed by atoms with van der Waals surface area (Å²) in [4.78, 5) is 11.9. The molecule has 0 radical (unpaired) electrons. The molecule has 3 N–H and O–H groups in total. The molecule has 0 aliphatic rings.